The van der Waals surface area contributed by atoms with Gasteiger partial charge in [0.05, 0.1) is 18.8 Å². The zero-order chi connectivity index (χ0) is 17.9. The molecule has 0 aromatic carbocycles. The standard InChI is InChI=1S/C16H26F3N3O2/c1-11(2)24-10-13(23)8-21(3)6-12-4-5-15-20-14(16(17,18)19)9-22(15)7-12/h9,11-13,23H,4-8,10H2,1-3H3/t12-,13-/m0/s1. The molecule has 1 aliphatic heterocycles. The predicted octanol–water partition coefficient (Wildman–Crippen LogP) is 2.18. The largest absolute Gasteiger partial charge is 0.434 e. The maximum absolute atomic E-state index is 12.7. The minimum absolute atomic E-state index is 0.0748. The normalized spacial score (nSPS) is 19.8. The molecule has 0 aliphatic carbocycles. The Balaban J connectivity index is 1.83. The number of rotatable bonds is 7. The summed E-state index contributed by atoms with van der Waals surface area (Å²) in [6.45, 7) is 5.84. The lowest BCUT2D eigenvalue weighted by atomic mass is 9.99. The molecule has 2 heterocycles. The monoisotopic (exact) mass is 349 g/mol. The summed E-state index contributed by atoms with van der Waals surface area (Å²) in [6.07, 6.45) is -2.43. The molecule has 0 amide bonds. The van der Waals surface area contributed by atoms with Crippen molar-refractivity contribution >= 4 is 0 Å². The predicted molar refractivity (Wildman–Crippen MR) is 83.6 cm³/mol. The molecule has 0 saturated carbocycles. The summed E-state index contributed by atoms with van der Waals surface area (Å²) >= 11 is 0. The molecule has 1 aromatic rings. The third-order valence-corrected chi connectivity index (χ3v) is 4.09. The van der Waals surface area contributed by atoms with Crippen LogP contribution in [0, 0.1) is 5.92 Å². The van der Waals surface area contributed by atoms with Crippen molar-refractivity contribution in [3.05, 3.63) is 17.7 Å². The number of imidazole rings is 1. The number of nitrogens with zero attached hydrogens (tertiary/aromatic N) is 3. The van der Waals surface area contributed by atoms with E-state index in [2.05, 4.69) is 4.98 Å². The van der Waals surface area contributed by atoms with Crippen molar-refractivity contribution in [1.29, 1.82) is 0 Å². The highest BCUT2D eigenvalue weighted by atomic mass is 19.4. The Morgan fingerprint density at radius 2 is 2.17 bits per heavy atom. The van der Waals surface area contributed by atoms with Crippen LogP contribution in [0.2, 0.25) is 0 Å². The number of hydrogen-bond donors (Lipinski definition) is 1. The minimum atomic E-state index is -4.39. The molecule has 0 bridgehead atoms. The quantitative estimate of drug-likeness (QED) is 0.820. The Bertz CT molecular complexity index is 531. The maximum Gasteiger partial charge on any atom is 0.434 e. The summed E-state index contributed by atoms with van der Waals surface area (Å²) in [5.74, 6) is 0.752. The zero-order valence-electron chi connectivity index (χ0n) is 14.4. The van der Waals surface area contributed by atoms with Gasteiger partial charge in [-0.3, -0.25) is 0 Å². The summed E-state index contributed by atoms with van der Waals surface area (Å²) in [6, 6.07) is 0. The van der Waals surface area contributed by atoms with Crippen molar-refractivity contribution in [2.75, 3.05) is 26.7 Å². The van der Waals surface area contributed by atoms with E-state index in [1.54, 1.807) is 4.57 Å². The van der Waals surface area contributed by atoms with Gasteiger partial charge >= 0.3 is 6.18 Å². The van der Waals surface area contributed by atoms with Crippen LogP contribution in [0.4, 0.5) is 13.2 Å². The fraction of sp³-hybridized carbons (Fsp3) is 0.812. The van der Waals surface area contributed by atoms with Gasteiger partial charge in [-0.2, -0.15) is 13.2 Å². The molecule has 0 spiro atoms. The molecule has 1 aromatic heterocycles. The second kappa shape index (κ2) is 7.84. The molecule has 138 valence electrons. The van der Waals surface area contributed by atoms with Gasteiger partial charge in [0.1, 0.15) is 5.82 Å². The third kappa shape index (κ3) is 5.46. The Kier molecular flexibility index (Phi) is 6.28. The van der Waals surface area contributed by atoms with E-state index in [1.807, 2.05) is 25.8 Å². The van der Waals surface area contributed by atoms with Crippen molar-refractivity contribution in [2.24, 2.45) is 5.92 Å². The number of ether oxygens (including phenoxy) is 1. The van der Waals surface area contributed by atoms with E-state index in [9.17, 15) is 18.3 Å². The van der Waals surface area contributed by atoms with Crippen LogP contribution < -0.4 is 0 Å². The molecular weight excluding hydrogens is 323 g/mol. The molecule has 8 heteroatoms. The van der Waals surface area contributed by atoms with Gasteiger partial charge in [0.15, 0.2) is 5.69 Å². The van der Waals surface area contributed by atoms with Crippen LogP contribution in [-0.2, 0) is 23.9 Å². The number of alkyl halides is 3. The topological polar surface area (TPSA) is 50.5 Å². The summed E-state index contributed by atoms with van der Waals surface area (Å²) in [5.41, 5.74) is -0.812. The number of aromatic nitrogens is 2. The molecule has 2 atom stereocenters. The van der Waals surface area contributed by atoms with Crippen LogP contribution in [0.5, 0.6) is 0 Å². The van der Waals surface area contributed by atoms with Gasteiger partial charge in [0.2, 0.25) is 0 Å². The second-order valence-electron chi connectivity index (χ2n) is 6.85. The summed E-state index contributed by atoms with van der Waals surface area (Å²) in [7, 11) is 1.91. The fourth-order valence-corrected chi connectivity index (χ4v) is 3.03. The molecular formula is C16H26F3N3O2. The lowest BCUT2D eigenvalue weighted by Gasteiger charge is -2.29. The Morgan fingerprint density at radius 3 is 2.79 bits per heavy atom. The molecule has 1 aliphatic rings. The highest BCUT2D eigenvalue weighted by Gasteiger charge is 2.35. The van der Waals surface area contributed by atoms with Gasteiger partial charge in [0, 0.05) is 32.3 Å². The van der Waals surface area contributed by atoms with E-state index in [1.165, 1.54) is 0 Å². The van der Waals surface area contributed by atoms with Gasteiger partial charge in [-0.1, -0.05) is 0 Å². The van der Waals surface area contributed by atoms with Crippen molar-refractivity contribution in [2.45, 2.75) is 51.6 Å². The molecule has 0 radical (unpaired) electrons. The van der Waals surface area contributed by atoms with Crippen LogP contribution >= 0.6 is 0 Å². The fourth-order valence-electron chi connectivity index (χ4n) is 3.03. The van der Waals surface area contributed by atoms with Crippen LogP contribution in [-0.4, -0.2) is 58.5 Å². The average Bonchev–Trinajstić information content (AvgIpc) is 2.88. The molecule has 24 heavy (non-hydrogen) atoms. The molecule has 1 N–H and O–H groups in total. The van der Waals surface area contributed by atoms with Crippen molar-refractivity contribution in [1.82, 2.24) is 14.5 Å². The Labute approximate surface area is 140 Å². The van der Waals surface area contributed by atoms with Crippen LogP contribution in [0.25, 0.3) is 0 Å². The summed E-state index contributed by atoms with van der Waals surface area (Å²) in [5, 5.41) is 9.94. The van der Waals surface area contributed by atoms with Crippen LogP contribution in [0.15, 0.2) is 6.20 Å². The van der Waals surface area contributed by atoms with E-state index < -0.39 is 18.0 Å². The maximum atomic E-state index is 12.7. The van der Waals surface area contributed by atoms with E-state index >= 15 is 0 Å². The number of hydrogen-bond acceptors (Lipinski definition) is 4. The second-order valence-corrected chi connectivity index (χ2v) is 6.85. The number of halogens is 3. The SMILES string of the molecule is CC(C)OC[C@@H](O)CN(C)C[C@@H]1CCc2nc(C(F)(F)F)cn2C1. The van der Waals surface area contributed by atoms with Gasteiger partial charge in [-0.25, -0.2) is 4.98 Å². The lowest BCUT2D eigenvalue weighted by Crippen LogP contribution is -2.37. The summed E-state index contributed by atoms with van der Waals surface area (Å²) in [4.78, 5) is 5.70. The Morgan fingerprint density at radius 1 is 1.46 bits per heavy atom. The van der Waals surface area contributed by atoms with Gasteiger partial charge in [-0.15, -0.1) is 0 Å². The van der Waals surface area contributed by atoms with Crippen molar-refractivity contribution in [3.8, 4) is 0 Å². The average molecular weight is 349 g/mol. The number of fused-ring (bicyclic) bond motifs is 1. The smallest absolute Gasteiger partial charge is 0.389 e. The molecule has 0 unspecified atom stereocenters. The third-order valence-electron chi connectivity index (χ3n) is 4.09. The van der Waals surface area contributed by atoms with Crippen molar-refractivity contribution < 1.29 is 23.0 Å². The highest BCUT2D eigenvalue weighted by Crippen LogP contribution is 2.30. The number of aliphatic hydroxyl groups excluding tert-OH is 1. The van der Waals surface area contributed by atoms with Crippen molar-refractivity contribution in [3.63, 3.8) is 0 Å². The lowest BCUT2D eigenvalue weighted by molar-refractivity contribution is -0.141. The van der Waals surface area contributed by atoms with Gasteiger partial charge in [-0.05, 0) is 33.2 Å². The first-order chi connectivity index (χ1) is 11.1. The van der Waals surface area contributed by atoms with E-state index in [0.717, 1.165) is 19.2 Å². The first-order valence-corrected chi connectivity index (χ1v) is 8.26. The zero-order valence-corrected chi connectivity index (χ0v) is 14.4. The molecule has 0 saturated heterocycles. The van der Waals surface area contributed by atoms with E-state index in [0.29, 0.717) is 25.3 Å². The van der Waals surface area contributed by atoms with Gasteiger partial charge in [0.25, 0.3) is 0 Å². The Hall–Kier alpha value is -1.12. The first-order valence-electron chi connectivity index (χ1n) is 8.26. The number of likely N-dealkylation sites (N-methyl/N-ethyl adjacent to an activating group) is 1. The molecule has 5 nitrogen and oxygen atoms in total. The van der Waals surface area contributed by atoms with E-state index in [-0.39, 0.29) is 18.6 Å². The van der Waals surface area contributed by atoms with E-state index in [4.69, 9.17) is 4.74 Å². The summed E-state index contributed by atoms with van der Waals surface area (Å²) < 4.78 is 45.2. The van der Waals surface area contributed by atoms with Crippen LogP contribution in [0.3, 0.4) is 0 Å². The first kappa shape index (κ1) is 19.2. The number of aliphatic hydroxyl groups is 1. The van der Waals surface area contributed by atoms with Gasteiger partial charge < -0.3 is 19.3 Å². The van der Waals surface area contributed by atoms with Crippen LogP contribution in [0.1, 0.15) is 31.8 Å². The molecule has 0 fully saturated rings. The highest BCUT2D eigenvalue weighted by molar-refractivity contribution is 5.09. The molecule has 2 rings (SSSR count). The minimum Gasteiger partial charge on any atom is -0.389 e. The number of aryl methyl sites for hydroxylation is 1.